The second kappa shape index (κ2) is 7.96. The molecule has 1 amide bonds. The molecular weight excluding hydrogens is 300 g/mol. The van der Waals surface area contributed by atoms with E-state index in [1.807, 2.05) is 6.07 Å². The summed E-state index contributed by atoms with van der Waals surface area (Å²) in [5, 5.41) is 17.7. The molecule has 1 aromatic carbocycles. The molecule has 0 bridgehead atoms. The molecule has 0 spiro atoms. The van der Waals surface area contributed by atoms with Gasteiger partial charge in [0.15, 0.2) is 6.61 Å². The van der Waals surface area contributed by atoms with E-state index >= 15 is 0 Å². The first kappa shape index (κ1) is 16.5. The van der Waals surface area contributed by atoms with Crippen LogP contribution in [0.4, 0.5) is 0 Å². The Morgan fingerprint density at radius 2 is 1.96 bits per heavy atom. The van der Waals surface area contributed by atoms with Gasteiger partial charge in [-0.05, 0) is 23.8 Å². The van der Waals surface area contributed by atoms with E-state index in [4.69, 9.17) is 14.6 Å². The lowest BCUT2D eigenvalue weighted by atomic mass is 10.1. The Morgan fingerprint density at radius 1 is 1.30 bits per heavy atom. The smallest absolute Gasteiger partial charge is 0.341 e. The van der Waals surface area contributed by atoms with Crippen LogP contribution in [0.2, 0.25) is 0 Å². The average Bonchev–Trinajstić information content (AvgIpc) is 2.59. The van der Waals surface area contributed by atoms with Gasteiger partial charge in [-0.1, -0.05) is 12.1 Å². The second-order valence-corrected chi connectivity index (χ2v) is 4.83. The number of hydrogen-bond donors (Lipinski definition) is 1. The van der Waals surface area contributed by atoms with Gasteiger partial charge in [-0.15, -0.1) is 0 Å². The molecule has 120 valence electrons. The van der Waals surface area contributed by atoms with Crippen molar-refractivity contribution >= 4 is 18.0 Å². The van der Waals surface area contributed by atoms with Crippen LogP contribution in [-0.2, 0) is 14.3 Å². The number of carboxylic acid groups (broad SMARTS) is 1. The molecule has 1 aliphatic rings. The van der Waals surface area contributed by atoms with E-state index in [1.54, 1.807) is 29.2 Å². The Kier molecular flexibility index (Phi) is 5.72. The Hall–Kier alpha value is -2.85. The van der Waals surface area contributed by atoms with Gasteiger partial charge in [-0.2, -0.15) is 5.26 Å². The van der Waals surface area contributed by atoms with Crippen molar-refractivity contribution in [2.24, 2.45) is 0 Å². The van der Waals surface area contributed by atoms with Crippen LogP contribution in [0.15, 0.2) is 29.8 Å². The minimum atomic E-state index is -1.06. The molecule has 0 aliphatic carbocycles. The van der Waals surface area contributed by atoms with Crippen molar-refractivity contribution in [3.8, 4) is 11.8 Å². The lowest BCUT2D eigenvalue weighted by Crippen LogP contribution is -2.41. The molecule has 1 aliphatic heterocycles. The fraction of sp³-hybridized carbons (Fsp3) is 0.312. The molecule has 1 heterocycles. The van der Waals surface area contributed by atoms with Crippen LogP contribution in [0.3, 0.4) is 0 Å². The van der Waals surface area contributed by atoms with Crippen molar-refractivity contribution < 1.29 is 24.2 Å². The zero-order chi connectivity index (χ0) is 16.7. The highest BCUT2D eigenvalue weighted by molar-refractivity contribution is 6.01. The maximum Gasteiger partial charge on any atom is 0.341 e. The highest BCUT2D eigenvalue weighted by Gasteiger charge is 2.20. The Labute approximate surface area is 133 Å². The fourth-order valence-electron chi connectivity index (χ4n) is 2.05. The average molecular weight is 316 g/mol. The van der Waals surface area contributed by atoms with Crippen LogP contribution in [-0.4, -0.2) is 54.8 Å². The van der Waals surface area contributed by atoms with E-state index in [0.29, 0.717) is 37.6 Å². The second-order valence-electron chi connectivity index (χ2n) is 4.83. The number of hydrogen-bond acceptors (Lipinski definition) is 5. The summed E-state index contributed by atoms with van der Waals surface area (Å²) in [6.45, 7) is 1.47. The highest BCUT2D eigenvalue weighted by Crippen LogP contribution is 2.15. The third kappa shape index (κ3) is 4.83. The van der Waals surface area contributed by atoms with Crippen molar-refractivity contribution in [1.29, 1.82) is 5.26 Å². The molecule has 0 unspecified atom stereocenters. The number of nitrogens with zero attached hydrogens (tertiary/aromatic N) is 2. The molecule has 0 aromatic heterocycles. The summed E-state index contributed by atoms with van der Waals surface area (Å²) in [6, 6.07) is 8.40. The van der Waals surface area contributed by atoms with Gasteiger partial charge in [0.1, 0.15) is 17.4 Å². The maximum absolute atomic E-state index is 12.3. The first-order chi connectivity index (χ1) is 11.1. The van der Waals surface area contributed by atoms with E-state index < -0.39 is 12.6 Å². The number of morpholine rings is 1. The molecule has 0 saturated carbocycles. The largest absolute Gasteiger partial charge is 0.482 e. The van der Waals surface area contributed by atoms with Crippen LogP contribution in [0.5, 0.6) is 5.75 Å². The molecule has 7 heteroatoms. The van der Waals surface area contributed by atoms with Crippen molar-refractivity contribution in [3.63, 3.8) is 0 Å². The first-order valence-electron chi connectivity index (χ1n) is 7.03. The van der Waals surface area contributed by atoms with Crippen LogP contribution < -0.4 is 4.74 Å². The summed E-state index contributed by atoms with van der Waals surface area (Å²) in [5.41, 5.74) is 0.705. The van der Waals surface area contributed by atoms with Gasteiger partial charge in [0, 0.05) is 13.1 Å². The number of benzene rings is 1. The first-order valence-corrected chi connectivity index (χ1v) is 7.03. The predicted molar refractivity (Wildman–Crippen MR) is 80.6 cm³/mol. The standard InChI is InChI=1S/C16H16N2O5/c17-10-13(16(21)18-5-7-22-8-6-18)9-12-1-3-14(4-2-12)23-11-15(19)20/h1-4,9H,5-8,11H2,(H,19,20). The quantitative estimate of drug-likeness (QED) is 0.640. The lowest BCUT2D eigenvalue weighted by molar-refractivity contribution is -0.139. The van der Waals surface area contributed by atoms with Gasteiger partial charge in [0.2, 0.25) is 0 Å². The summed E-state index contributed by atoms with van der Waals surface area (Å²) in [7, 11) is 0. The van der Waals surface area contributed by atoms with Crippen molar-refractivity contribution in [2.75, 3.05) is 32.9 Å². The number of carbonyl (C=O) groups is 2. The Morgan fingerprint density at radius 3 is 2.52 bits per heavy atom. The number of aliphatic carboxylic acids is 1. The Balaban J connectivity index is 2.06. The Bertz CT molecular complexity index is 639. The molecule has 7 nitrogen and oxygen atoms in total. The van der Waals surface area contributed by atoms with E-state index in [0.717, 1.165) is 0 Å². The number of ether oxygens (including phenoxy) is 2. The van der Waals surface area contributed by atoms with Gasteiger partial charge in [0.05, 0.1) is 13.2 Å². The van der Waals surface area contributed by atoms with Crippen molar-refractivity contribution in [3.05, 3.63) is 35.4 Å². The van der Waals surface area contributed by atoms with Crippen LogP contribution in [0, 0.1) is 11.3 Å². The maximum atomic E-state index is 12.3. The van der Waals surface area contributed by atoms with Crippen LogP contribution >= 0.6 is 0 Å². The molecule has 1 N–H and O–H groups in total. The van der Waals surface area contributed by atoms with E-state index in [1.165, 1.54) is 6.08 Å². The molecule has 0 atom stereocenters. The SMILES string of the molecule is N#CC(=Cc1ccc(OCC(=O)O)cc1)C(=O)N1CCOCC1. The zero-order valence-electron chi connectivity index (χ0n) is 12.4. The predicted octanol–water partition coefficient (Wildman–Crippen LogP) is 0.916. The topological polar surface area (TPSA) is 99.9 Å². The molecular formula is C16H16N2O5. The normalized spacial score (nSPS) is 14.9. The van der Waals surface area contributed by atoms with Gasteiger partial charge in [0.25, 0.3) is 5.91 Å². The molecule has 1 aromatic rings. The summed E-state index contributed by atoms with van der Waals surface area (Å²) in [6.07, 6.45) is 1.50. The van der Waals surface area contributed by atoms with Gasteiger partial charge < -0.3 is 19.5 Å². The summed E-state index contributed by atoms with van der Waals surface area (Å²) in [5.74, 6) is -0.971. The third-order valence-electron chi connectivity index (χ3n) is 3.20. The molecule has 1 fully saturated rings. The van der Waals surface area contributed by atoms with Crippen molar-refractivity contribution in [2.45, 2.75) is 0 Å². The minimum absolute atomic E-state index is 0.0473. The summed E-state index contributed by atoms with van der Waals surface area (Å²) >= 11 is 0. The zero-order valence-corrected chi connectivity index (χ0v) is 12.4. The number of carboxylic acids is 1. The van der Waals surface area contributed by atoms with Gasteiger partial charge >= 0.3 is 5.97 Å². The lowest BCUT2D eigenvalue weighted by Gasteiger charge is -2.26. The van der Waals surface area contributed by atoms with E-state index in [2.05, 4.69) is 0 Å². The van der Waals surface area contributed by atoms with E-state index in [9.17, 15) is 14.9 Å². The van der Waals surface area contributed by atoms with Crippen LogP contribution in [0.25, 0.3) is 6.08 Å². The summed E-state index contributed by atoms with van der Waals surface area (Å²) in [4.78, 5) is 24.3. The van der Waals surface area contributed by atoms with E-state index in [-0.39, 0.29) is 11.5 Å². The molecule has 2 rings (SSSR count). The highest BCUT2D eigenvalue weighted by atomic mass is 16.5. The minimum Gasteiger partial charge on any atom is -0.482 e. The van der Waals surface area contributed by atoms with Gasteiger partial charge in [-0.3, -0.25) is 4.79 Å². The fourth-order valence-corrected chi connectivity index (χ4v) is 2.05. The third-order valence-corrected chi connectivity index (χ3v) is 3.20. The van der Waals surface area contributed by atoms with Crippen LogP contribution in [0.1, 0.15) is 5.56 Å². The molecule has 23 heavy (non-hydrogen) atoms. The number of carbonyl (C=O) groups excluding carboxylic acids is 1. The van der Waals surface area contributed by atoms with Crippen molar-refractivity contribution in [1.82, 2.24) is 4.90 Å². The molecule has 0 radical (unpaired) electrons. The summed E-state index contributed by atoms with van der Waals surface area (Å²) < 4.78 is 10.2. The molecule has 1 saturated heterocycles. The number of rotatable bonds is 5. The number of nitriles is 1. The van der Waals surface area contributed by atoms with Gasteiger partial charge in [-0.25, -0.2) is 4.79 Å². The number of amides is 1. The monoisotopic (exact) mass is 316 g/mol.